The first-order valence-corrected chi connectivity index (χ1v) is 13.2. The van der Waals surface area contributed by atoms with Crippen LogP contribution in [0.4, 0.5) is 11.4 Å². The fourth-order valence-electron chi connectivity index (χ4n) is 5.36. The maximum atomic E-state index is 13.0. The number of carbonyl (C=O) groups is 1. The van der Waals surface area contributed by atoms with E-state index in [1.165, 1.54) is 16.7 Å². The number of nitrogens with zero attached hydrogens (tertiary/aromatic N) is 4. The summed E-state index contributed by atoms with van der Waals surface area (Å²) in [4.78, 5) is 20.9. The van der Waals surface area contributed by atoms with Crippen molar-refractivity contribution in [2.45, 2.75) is 33.5 Å². The number of amidine groups is 1. The summed E-state index contributed by atoms with van der Waals surface area (Å²) in [5, 5.41) is 8.03. The lowest BCUT2D eigenvalue weighted by Crippen LogP contribution is -2.38. The lowest BCUT2D eigenvalue weighted by atomic mass is 10.1. The summed E-state index contributed by atoms with van der Waals surface area (Å²) < 4.78 is 5.50. The Kier molecular flexibility index (Phi) is 6.47. The van der Waals surface area contributed by atoms with Gasteiger partial charge in [-0.15, -0.1) is 5.10 Å². The molecule has 2 aliphatic rings. The van der Waals surface area contributed by atoms with Crippen molar-refractivity contribution < 1.29 is 9.53 Å². The minimum Gasteiger partial charge on any atom is -0.379 e. The first-order valence-electron chi connectivity index (χ1n) is 13.2. The van der Waals surface area contributed by atoms with Gasteiger partial charge in [0.25, 0.3) is 0 Å². The van der Waals surface area contributed by atoms with Crippen LogP contribution >= 0.6 is 0 Å². The number of aromatic nitrogens is 1. The highest BCUT2D eigenvalue weighted by atomic mass is 16.5. The van der Waals surface area contributed by atoms with E-state index < -0.39 is 0 Å². The van der Waals surface area contributed by atoms with Crippen molar-refractivity contribution in [1.82, 2.24) is 9.88 Å². The average Bonchev–Trinajstić information content (AvgIpc) is 3.53. The molecule has 2 aliphatic heterocycles. The highest BCUT2D eigenvalue weighted by Gasteiger charge is 2.40. The standard InChI is InChI=1S/C31H33N5O2/c1-21-8-11-26(18-22(21)2)36-31(28-19-32-29-7-5-4-6-27(28)29)35(30(33-36)23(3)37)25-12-9-24(10-13-25)20-34-14-16-38-17-15-34/h4-13,18-19,31-32H,14-17,20H2,1-3H3/t31-/m0/s1. The third kappa shape index (κ3) is 4.48. The Morgan fingerprint density at radius 1 is 0.974 bits per heavy atom. The SMILES string of the molecule is CC(=O)C1=NN(c2ccc(C)c(C)c2)[C@@H](c2c[nH]c3ccccc23)N1c1ccc(CN2CCOCC2)cc1. The van der Waals surface area contributed by atoms with Gasteiger partial charge < -0.3 is 9.72 Å². The van der Waals surface area contributed by atoms with Crippen molar-refractivity contribution in [1.29, 1.82) is 0 Å². The number of hydrogen-bond acceptors (Lipinski definition) is 6. The van der Waals surface area contributed by atoms with E-state index in [1.54, 1.807) is 6.92 Å². The smallest absolute Gasteiger partial charge is 0.198 e. The Morgan fingerprint density at radius 3 is 2.45 bits per heavy atom. The second-order valence-corrected chi connectivity index (χ2v) is 10.2. The topological polar surface area (TPSA) is 64.2 Å². The fourth-order valence-corrected chi connectivity index (χ4v) is 5.36. The molecule has 1 saturated heterocycles. The number of hydrazone groups is 1. The van der Waals surface area contributed by atoms with Crippen LogP contribution in [0.25, 0.3) is 10.9 Å². The number of ether oxygens (including phenoxy) is 1. The van der Waals surface area contributed by atoms with Crippen molar-refractivity contribution >= 4 is 33.9 Å². The second-order valence-electron chi connectivity index (χ2n) is 10.2. The molecule has 1 aromatic heterocycles. The minimum atomic E-state index is -0.322. The van der Waals surface area contributed by atoms with Gasteiger partial charge >= 0.3 is 0 Å². The molecule has 194 valence electrons. The normalized spacial score (nSPS) is 18.3. The number of rotatable bonds is 6. The van der Waals surface area contributed by atoms with Crippen molar-refractivity contribution in [3.63, 3.8) is 0 Å². The molecule has 3 aromatic carbocycles. The van der Waals surface area contributed by atoms with Crippen LogP contribution in [-0.2, 0) is 16.1 Å². The molecule has 1 N–H and O–H groups in total. The van der Waals surface area contributed by atoms with Crippen LogP contribution in [0.15, 0.2) is 78.0 Å². The summed E-state index contributed by atoms with van der Waals surface area (Å²) in [7, 11) is 0. The van der Waals surface area contributed by atoms with Crippen LogP contribution in [0.3, 0.4) is 0 Å². The third-order valence-corrected chi connectivity index (χ3v) is 7.60. The summed E-state index contributed by atoms with van der Waals surface area (Å²) in [5.41, 5.74) is 7.66. The third-order valence-electron chi connectivity index (χ3n) is 7.60. The van der Waals surface area contributed by atoms with Crippen molar-refractivity contribution in [2.75, 3.05) is 36.2 Å². The molecule has 1 fully saturated rings. The van der Waals surface area contributed by atoms with Crippen molar-refractivity contribution in [3.05, 3.63) is 95.2 Å². The van der Waals surface area contributed by atoms with Crippen LogP contribution in [0.2, 0.25) is 0 Å². The number of hydrogen-bond donors (Lipinski definition) is 1. The molecule has 0 unspecified atom stereocenters. The number of aromatic amines is 1. The molecule has 0 aliphatic carbocycles. The summed E-state index contributed by atoms with van der Waals surface area (Å²) >= 11 is 0. The Morgan fingerprint density at radius 2 is 1.71 bits per heavy atom. The number of ketones is 1. The molecule has 7 heteroatoms. The molecule has 0 radical (unpaired) electrons. The zero-order valence-corrected chi connectivity index (χ0v) is 22.1. The average molecular weight is 508 g/mol. The van der Waals surface area contributed by atoms with Crippen LogP contribution < -0.4 is 9.91 Å². The van der Waals surface area contributed by atoms with Gasteiger partial charge in [-0.2, -0.15) is 0 Å². The van der Waals surface area contributed by atoms with E-state index in [1.807, 2.05) is 23.3 Å². The van der Waals surface area contributed by atoms with Gasteiger partial charge in [0.1, 0.15) is 0 Å². The molecule has 6 rings (SSSR count). The summed E-state index contributed by atoms with van der Waals surface area (Å²) in [5.74, 6) is 0.359. The lowest BCUT2D eigenvalue weighted by molar-refractivity contribution is -0.111. The highest BCUT2D eigenvalue weighted by molar-refractivity contribution is 6.44. The number of fused-ring (bicyclic) bond motifs is 1. The predicted octanol–water partition coefficient (Wildman–Crippen LogP) is 5.54. The van der Waals surface area contributed by atoms with Crippen LogP contribution in [-0.4, -0.2) is 47.8 Å². The molecule has 7 nitrogen and oxygen atoms in total. The lowest BCUT2D eigenvalue weighted by Gasteiger charge is -2.32. The van der Waals surface area contributed by atoms with Crippen LogP contribution in [0, 0.1) is 13.8 Å². The number of aryl methyl sites for hydroxylation is 2. The first-order chi connectivity index (χ1) is 18.5. The van der Waals surface area contributed by atoms with Crippen LogP contribution in [0.1, 0.15) is 35.3 Å². The molecule has 3 heterocycles. The van der Waals surface area contributed by atoms with Crippen molar-refractivity contribution in [3.8, 4) is 0 Å². The van der Waals surface area contributed by atoms with Crippen LogP contribution in [0.5, 0.6) is 0 Å². The molecule has 0 bridgehead atoms. The fraction of sp³-hybridized carbons (Fsp3) is 0.290. The van der Waals surface area contributed by atoms with E-state index in [4.69, 9.17) is 9.84 Å². The maximum Gasteiger partial charge on any atom is 0.198 e. The predicted molar refractivity (Wildman–Crippen MR) is 153 cm³/mol. The highest BCUT2D eigenvalue weighted by Crippen LogP contribution is 2.41. The number of Topliss-reactive ketones (excluding diaryl/α,β-unsaturated/α-hetero) is 1. The van der Waals surface area contributed by atoms with Crippen molar-refractivity contribution in [2.24, 2.45) is 5.10 Å². The van der Waals surface area contributed by atoms with Gasteiger partial charge in [0.05, 0.1) is 18.9 Å². The van der Waals surface area contributed by atoms with E-state index in [-0.39, 0.29) is 11.9 Å². The van der Waals surface area contributed by atoms with Gasteiger partial charge in [-0.05, 0) is 60.9 Å². The van der Waals surface area contributed by atoms with E-state index >= 15 is 0 Å². The Balaban J connectivity index is 1.44. The molecule has 0 spiro atoms. The molecule has 0 amide bonds. The summed E-state index contributed by atoms with van der Waals surface area (Å²) in [6.45, 7) is 10.2. The quantitative estimate of drug-likeness (QED) is 0.371. The molecule has 1 atom stereocenters. The first kappa shape index (κ1) is 24.4. The van der Waals surface area contributed by atoms with Gasteiger partial charge in [-0.3, -0.25) is 14.6 Å². The number of nitrogens with one attached hydrogen (secondary N) is 1. The number of H-pyrrole nitrogens is 1. The summed E-state index contributed by atoms with van der Waals surface area (Å²) in [6.07, 6.45) is 1.72. The molecule has 38 heavy (non-hydrogen) atoms. The zero-order valence-electron chi connectivity index (χ0n) is 22.1. The van der Waals surface area contributed by atoms with E-state index in [0.717, 1.165) is 60.7 Å². The number of carbonyl (C=O) groups excluding carboxylic acids is 1. The van der Waals surface area contributed by atoms with Gasteiger partial charge in [0.15, 0.2) is 17.8 Å². The van der Waals surface area contributed by atoms with Gasteiger partial charge in [0, 0.05) is 54.9 Å². The summed E-state index contributed by atoms with van der Waals surface area (Å²) in [6, 6.07) is 23.2. The molecule has 4 aromatic rings. The number of anilines is 2. The van der Waals surface area contributed by atoms with E-state index in [2.05, 4.69) is 83.2 Å². The molecule has 0 saturated carbocycles. The number of morpholine rings is 1. The zero-order chi connectivity index (χ0) is 26.2. The largest absolute Gasteiger partial charge is 0.379 e. The number of benzene rings is 3. The Hall–Kier alpha value is -3.94. The minimum absolute atomic E-state index is 0.0708. The molecular weight excluding hydrogens is 474 g/mol. The number of para-hydroxylation sites is 1. The second kappa shape index (κ2) is 10.1. The van der Waals surface area contributed by atoms with E-state index in [0.29, 0.717) is 5.84 Å². The van der Waals surface area contributed by atoms with E-state index in [9.17, 15) is 4.79 Å². The monoisotopic (exact) mass is 507 g/mol. The van der Waals surface area contributed by atoms with Gasteiger partial charge in [-0.25, -0.2) is 5.01 Å². The van der Waals surface area contributed by atoms with Gasteiger partial charge in [-0.1, -0.05) is 36.4 Å². The molecular formula is C31H33N5O2. The Bertz CT molecular complexity index is 1500. The Labute approximate surface area is 223 Å². The van der Waals surface area contributed by atoms with Gasteiger partial charge in [0.2, 0.25) is 0 Å². The maximum absolute atomic E-state index is 13.0.